The van der Waals surface area contributed by atoms with Crippen LogP contribution in [0, 0.1) is 4.77 Å². The van der Waals surface area contributed by atoms with Gasteiger partial charge >= 0.3 is 5.97 Å². The number of imidazole rings is 1. The summed E-state index contributed by atoms with van der Waals surface area (Å²) in [4.78, 5) is 14.9. The monoisotopic (exact) mass is 280 g/mol. The predicted molar refractivity (Wildman–Crippen MR) is 75.0 cm³/mol. The molecule has 1 aromatic carbocycles. The van der Waals surface area contributed by atoms with Crippen molar-refractivity contribution >= 4 is 29.2 Å². The van der Waals surface area contributed by atoms with E-state index in [1.165, 1.54) is 0 Å². The van der Waals surface area contributed by atoms with Crippen molar-refractivity contribution in [1.82, 2.24) is 9.55 Å². The Balaban J connectivity index is 2.55. The Hall–Kier alpha value is -1.82. The molecule has 1 aromatic heterocycles. The van der Waals surface area contributed by atoms with Gasteiger partial charge in [-0.3, -0.25) is 0 Å². The summed E-state index contributed by atoms with van der Waals surface area (Å²) in [5, 5.41) is 0. The van der Waals surface area contributed by atoms with E-state index < -0.39 is 6.04 Å². The van der Waals surface area contributed by atoms with Gasteiger partial charge in [-0.2, -0.15) is 0 Å². The summed E-state index contributed by atoms with van der Waals surface area (Å²) in [6.07, 6.45) is 0. The van der Waals surface area contributed by atoms with Crippen LogP contribution in [0.15, 0.2) is 18.2 Å². The number of carbonyl (C=O) groups is 1. The number of rotatable bonds is 4. The fourth-order valence-corrected chi connectivity index (χ4v) is 2.35. The zero-order valence-corrected chi connectivity index (χ0v) is 11.9. The molecule has 19 heavy (non-hydrogen) atoms. The van der Waals surface area contributed by atoms with Crippen LogP contribution < -0.4 is 4.74 Å². The average Bonchev–Trinajstić information content (AvgIpc) is 2.72. The Morgan fingerprint density at radius 1 is 1.53 bits per heavy atom. The first kappa shape index (κ1) is 13.6. The van der Waals surface area contributed by atoms with Crippen LogP contribution in [-0.2, 0) is 9.53 Å². The molecule has 102 valence electrons. The molecule has 0 aliphatic heterocycles. The third-order valence-corrected chi connectivity index (χ3v) is 3.24. The van der Waals surface area contributed by atoms with Crippen molar-refractivity contribution in [1.29, 1.82) is 0 Å². The molecule has 0 aliphatic carbocycles. The Bertz CT molecular complexity index is 659. The van der Waals surface area contributed by atoms with Crippen LogP contribution in [0.2, 0.25) is 0 Å². The number of fused-ring (bicyclic) bond motifs is 1. The first-order valence-electron chi connectivity index (χ1n) is 6.03. The van der Waals surface area contributed by atoms with Gasteiger partial charge in [0.1, 0.15) is 11.8 Å². The number of hydrogen-bond donors (Lipinski definition) is 1. The van der Waals surface area contributed by atoms with Crippen LogP contribution in [0.1, 0.15) is 19.9 Å². The van der Waals surface area contributed by atoms with Gasteiger partial charge in [-0.15, -0.1) is 0 Å². The number of hydrogen-bond acceptors (Lipinski definition) is 4. The van der Waals surface area contributed by atoms with Crippen molar-refractivity contribution in [2.75, 3.05) is 13.7 Å². The number of aromatic amines is 1. The summed E-state index contributed by atoms with van der Waals surface area (Å²) in [6.45, 7) is 3.89. The highest BCUT2D eigenvalue weighted by Crippen LogP contribution is 2.24. The summed E-state index contributed by atoms with van der Waals surface area (Å²) in [5.41, 5.74) is 1.69. The van der Waals surface area contributed by atoms with Crippen molar-refractivity contribution in [2.45, 2.75) is 19.9 Å². The minimum absolute atomic E-state index is 0.303. The van der Waals surface area contributed by atoms with Crippen molar-refractivity contribution < 1.29 is 14.3 Å². The van der Waals surface area contributed by atoms with Crippen molar-refractivity contribution in [3.05, 3.63) is 23.0 Å². The minimum atomic E-state index is -0.478. The van der Waals surface area contributed by atoms with Crippen molar-refractivity contribution in [2.24, 2.45) is 0 Å². The molecule has 0 amide bonds. The van der Waals surface area contributed by atoms with E-state index in [-0.39, 0.29) is 5.97 Å². The highest BCUT2D eigenvalue weighted by Gasteiger charge is 2.19. The van der Waals surface area contributed by atoms with Crippen LogP contribution in [-0.4, -0.2) is 29.2 Å². The van der Waals surface area contributed by atoms with E-state index in [1.807, 2.05) is 18.2 Å². The molecule has 1 unspecified atom stereocenters. The molecule has 0 spiro atoms. The van der Waals surface area contributed by atoms with E-state index in [2.05, 4.69) is 4.98 Å². The number of esters is 1. The lowest BCUT2D eigenvalue weighted by molar-refractivity contribution is -0.146. The quantitative estimate of drug-likeness (QED) is 0.691. The third kappa shape index (κ3) is 2.49. The number of nitrogens with zero attached hydrogens (tertiary/aromatic N) is 1. The first-order valence-corrected chi connectivity index (χ1v) is 6.44. The van der Waals surface area contributed by atoms with Gasteiger partial charge in [0, 0.05) is 6.07 Å². The van der Waals surface area contributed by atoms with Crippen LogP contribution in [0.3, 0.4) is 0 Å². The van der Waals surface area contributed by atoms with Gasteiger partial charge < -0.3 is 19.0 Å². The van der Waals surface area contributed by atoms with Gasteiger partial charge in [0.25, 0.3) is 0 Å². The van der Waals surface area contributed by atoms with E-state index in [9.17, 15) is 4.79 Å². The normalized spacial score (nSPS) is 12.4. The van der Waals surface area contributed by atoms with Gasteiger partial charge in [-0.05, 0) is 38.2 Å². The van der Waals surface area contributed by atoms with E-state index in [0.717, 1.165) is 11.0 Å². The second-order valence-corrected chi connectivity index (χ2v) is 4.50. The molecular formula is C13H16N2O3S. The van der Waals surface area contributed by atoms with E-state index in [1.54, 1.807) is 25.5 Å². The Labute approximate surface area is 116 Å². The van der Waals surface area contributed by atoms with Gasteiger partial charge in [0.05, 0.1) is 24.8 Å². The molecule has 2 aromatic rings. The summed E-state index contributed by atoms with van der Waals surface area (Å²) >= 11 is 5.27. The molecule has 0 saturated carbocycles. The Morgan fingerprint density at radius 2 is 2.26 bits per heavy atom. The minimum Gasteiger partial charge on any atom is -0.497 e. The highest BCUT2D eigenvalue weighted by molar-refractivity contribution is 7.71. The second-order valence-electron chi connectivity index (χ2n) is 4.11. The second kappa shape index (κ2) is 5.44. The Kier molecular flexibility index (Phi) is 3.90. The van der Waals surface area contributed by atoms with Crippen LogP contribution in [0.25, 0.3) is 11.0 Å². The average molecular weight is 280 g/mol. The standard InChI is InChI=1S/C13H16N2O3S/c1-4-18-12(16)8(2)15-11-7-9(17-3)5-6-10(11)14-13(15)19/h5-8H,4H2,1-3H3,(H,14,19). The molecule has 0 aliphatic rings. The molecule has 0 bridgehead atoms. The van der Waals surface area contributed by atoms with Gasteiger partial charge in [-0.25, -0.2) is 4.79 Å². The Morgan fingerprint density at radius 3 is 2.89 bits per heavy atom. The third-order valence-electron chi connectivity index (χ3n) is 2.94. The number of ether oxygens (including phenoxy) is 2. The maximum absolute atomic E-state index is 11.9. The van der Waals surface area contributed by atoms with Crippen LogP contribution in [0.5, 0.6) is 5.75 Å². The predicted octanol–water partition coefficient (Wildman–Crippen LogP) is 2.83. The number of carbonyl (C=O) groups excluding carboxylic acids is 1. The SMILES string of the molecule is CCOC(=O)C(C)n1c(=S)[nH]c2ccc(OC)cc21. The molecule has 1 N–H and O–H groups in total. The summed E-state index contributed by atoms with van der Waals surface area (Å²) in [5.74, 6) is 0.411. The van der Waals surface area contributed by atoms with Gasteiger partial charge in [-0.1, -0.05) is 0 Å². The molecule has 6 heteroatoms. The molecule has 0 fully saturated rings. The molecule has 1 atom stereocenters. The number of H-pyrrole nitrogens is 1. The van der Waals surface area contributed by atoms with Crippen molar-refractivity contribution in [3.8, 4) is 5.75 Å². The van der Waals surface area contributed by atoms with E-state index >= 15 is 0 Å². The zero-order valence-electron chi connectivity index (χ0n) is 11.1. The maximum atomic E-state index is 11.9. The fraction of sp³-hybridized carbons (Fsp3) is 0.385. The van der Waals surface area contributed by atoms with Crippen LogP contribution in [0.4, 0.5) is 0 Å². The lowest BCUT2D eigenvalue weighted by Crippen LogP contribution is -2.19. The smallest absolute Gasteiger partial charge is 0.328 e. The molecule has 5 nitrogen and oxygen atoms in total. The largest absolute Gasteiger partial charge is 0.497 e. The number of benzene rings is 1. The van der Waals surface area contributed by atoms with Gasteiger partial charge in [0.15, 0.2) is 4.77 Å². The molecular weight excluding hydrogens is 264 g/mol. The highest BCUT2D eigenvalue weighted by atomic mass is 32.1. The van der Waals surface area contributed by atoms with E-state index in [4.69, 9.17) is 21.7 Å². The fourth-order valence-electron chi connectivity index (χ4n) is 1.98. The summed E-state index contributed by atoms with van der Waals surface area (Å²) in [7, 11) is 1.60. The molecule has 1 heterocycles. The molecule has 2 rings (SSSR count). The lowest BCUT2D eigenvalue weighted by atomic mass is 10.2. The van der Waals surface area contributed by atoms with Crippen LogP contribution >= 0.6 is 12.2 Å². The van der Waals surface area contributed by atoms with E-state index in [0.29, 0.717) is 17.1 Å². The first-order chi connectivity index (χ1) is 9.08. The maximum Gasteiger partial charge on any atom is 0.328 e. The summed E-state index contributed by atoms with van der Waals surface area (Å²) < 4.78 is 12.5. The number of methoxy groups -OCH3 is 1. The number of aromatic nitrogens is 2. The summed E-state index contributed by atoms with van der Waals surface area (Å²) in [6, 6.07) is 5.08. The topological polar surface area (TPSA) is 56.2 Å². The molecule has 0 saturated heterocycles. The number of nitrogens with one attached hydrogen (secondary N) is 1. The van der Waals surface area contributed by atoms with Crippen molar-refractivity contribution in [3.63, 3.8) is 0 Å². The lowest BCUT2D eigenvalue weighted by Gasteiger charge is -2.13. The molecule has 0 radical (unpaired) electrons. The zero-order chi connectivity index (χ0) is 14.0. The van der Waals surface area contributed by atoms with Gasteiger partial charge in [0.2, 0.25) is 0 Å².